The second-order valence-electron chi connectivity index (χ2n) is 5.74. The largest absolute Gasteiger partial charge is 0.418 e. The Kier molecular flexibility index (Phi) is 5.68. The minimum absolute atomic E-state index is 0.171. The maximum Gasteiger partial charge on any atom is 0.418 e. The van der Waals surface area contributed by atoms with Gasteiger partial charge in [-0.05, 0) is 31.2 Å². The lowest BCUT2D eigenvalue weighted by molar-refractivity contribution is -0.137. The monoisotopic (exact) mass is 410 g/mol. The molecule has 10 heteroatoms. The van der Waals surface area contributed by atoms with Crippen molar-refractivity contribution in [3.8, 4) is 11.4 Å². The summed E-state index contributed by atoms with van der Waals surface area (Å²) in [6.45, 7) is 1.51. The van der Waals surface area contributed by atoms with Crippen molar-refractivity contribution in [2.45, 2.75) is 23.5 Å². The summed E-state index contributed by atoms with van der Waals surface area (Å²) < 4.78 is 52.9. The van der Waals surface area contributed by atoms with E-state index >= 15 is 0 Å². The van der Waals surface area contributed by atoms with Gasteiger partial charge in [0.1, 0.15) is 5.82 Å². The SMILES string of the molecule is CC(Sc1n[nH]c(-c2ccccc2F)n1)C(=O)Nc1ccccc1C(F)(F)F. The summed E-state index contributed by atoms with van der Waals surface area (Å²) in [4.78, 5) is 16.4. The Hall–Kier alpha value is -2.88. The zero-order valence-electron chi connectivity index (χ0n) is 14.4. The van der Waals surface area contributed by atoms with Gasteiger partial charge in [-0.15, -0.1) is 5.10 Å². The number of hydrogen-bond donors (Lipinski definition) is 2. The first-order chi connectivity index (χ1) is 13.3. The lowest BCUT2D eigenvalue weighted by Gasteiger charge is -2.15. The Morgan fingerprint density at radius 1 is 1.14 bits per heavy atom. The lowest BCUT2D eigenvalue weighted by Crippen LogP contribution is -2.24. The van der Waals surface area contributed by atoms with Crippen LogP contribution in [0.2, 0.25) is 0 Å². The normalized spacial score (nSPS) is 12.6. The molecular formula is C18H14F4N4OS. The first kappa shape index (κ1) is 19.9. The lowest BCUT2D eigenvalue weighted by atomic mass is 10.1. The number of anilines is 1. The maximum absolute atomic E-state index is 13.8. The molecule has 3 rings (SSSR count). The number of hydrogen-bond acceptors (Lipinski definition) is 4. The molecule has 2 aromatic carbocycles. The number of carbonyl (C=O) groups excluding carboxylic acids is 1. The highest BCUT2D eigenvalue weighted by molar-refractivity contribution is 8.00. The highest BCUT2D eigenvalue weighted by Crippen LogP contribution is 2.35. The third-order valence-corrected chi connectivity index (χ3v) is 4.70. The van der Waals surface area contributed by atoms with Gasteiger partial charge in [-0.25, -0.2) is 9.37 Å². The van der Waals surface area contributed by atoms with Gasteiger partial charge in [0.25, 0.3) is 0 Å². The van der Waals surface area contributed by atoms with E-state index in [0.717, 1.165) is 17.8 Å². The van der Waals surface area contributed by atoms with Gasteiger partial charge in [-0.1, -0.05) is 36.0 Å². The fourth-order valence-electron chi connectivity index (χ4n) is 2.36. The second kappa shape index (κ2) is 8.01. The molecule has 2 N–H and O–H groups in total. The van der Waals surface area contributed by atoms with E-state index < -0.39 is 28.7 Å². The van der Waals surface area contributed by atoms with E-state index in [1.807, 2.05) is 0 Å². The van der Waals surface area contributed by atoms with Gasteiger partial charge in [0.2, 0.25) is 11.1 Å². The van der Waals surface area contributed by atoms with Crippen molar-refractivity contribution >= 4 is 23.4 Å². The number of alkyl halides is 3. The molecule has 0 fully saturated rings. The van der Waals surface area contributed by atoms with Crippen LogP contribution in [0.4, 0.5) is 23.2 Å². The van der Waals surface area contributed by atoms with Crippen molar-refractivity contribution in [2.24, 2.45) is 0 Å². The molecule has 0 aliphatic carbocycles. The number of halogens is 4. The number of aromatic nitrogens is 3. The van der Waals surface area contributed by atoms with Crippen LogP contribution in [0.25, 0.3) is 11.4 Å². The van der Waals surface area contributed by atoms with Crippen LogP contribution >= 0.6 is 11.8 Å². The van der Waals surface area contributed by atoms with Crippen molar-refractivity contribution in [3.63, 3.8) is 0 Å². The van der Waals surface area contributed by atoms with Gasteiger partial charge >= 0.3 is 6.18 Å². The predicted octanol–water partition coefficient (Wildman–Crippen LogP) is 4.75. The molecule has 1 aromatic heterocycles. The molecule has 146 valence electrons. The molecule has 1 unspecified atom stereocenters. The molecule has 1 atom stereocenters. The third-order valence-electron chi connectivity index (χ3n) is 3.74. The molecule has 0 bridgehead atoms. The minimum Gasteiger partial charge on any atom is -0.325 e. The summed E-state index contributed by atoms with van der Waals surface area (Å²) in [7, 11) is 0. The third kappa shape index (κ3) is 4.50. The summed E-state index contributed by atoms with van der Waals surface area (Å²) in [5.41, 5.74) is -1.03. The molecule has 0 radical (unpaired) electrons. The van der Waals surface area contributed by atoms with Crippen LogP contribution in [0, 0.1) is 5.82 Å². The van der Waals surface area contributed by atoms with Crippen LogP contribution < -0.4 is 5.32 Å². The number of thioether (sulfide) groups is 1. The van der Waals surface area contributed by atoms with Crippen molar-refractivity contribution in [2.75, 3.05) is 5.32 Å². The van der Waals surface area contributed by atoms with Crippen LogP contribution in [-0.2, 0) is 11.0 Å². The van der Waals surface area contributed by atoms with Crippen molar-refractivity contribution in [1.29, 1.82) is 0 Å². The van der Waals surface area contributed by atoms with E-state index in [-0.39, 0.29) is 22.2 Å². The number of nitrogens with one attached hydrogen (secondary N) is 2. The average Bonchev–Trinajstić information content (AvgIpc) is 3.09. The number of H-pyrrole nitrogens is 1. The smallest absolute Gasteiger partial charge is 0.325 e. The Balaban J connectivity index is 1.70. The van der Waals surface area contributed by atoms with Gasteiger partial charge < -0.3 is 5.32 Å². The van der Waals surface area contributed by atoms with Crippen molar-refractivity contribution in [3.05, 3.63) is 59.9 Å². The molecule has 3 aromatic rings. The summed E-state index contributed by atoms with van der Waals surface area (Å²) in [5, 5.41) is 8.17. The number of carbonyl (C=O) groups is 1. The molecule has 1 heterocycles. The fraction of sp³-hybridized carbons (Fsp3) is 0.167. The number of benzene rings is 2. The van der Waals surface area contributed by atoms with Gasteiger partial charge in [0.05, 0.1) is 22.1 Å². The molecule has 0 aliphatic heterocycles. The van der Waals surface area contributed by atoms with E-state index in [2.05, 4.69) is 20.5 Å². The number of nitrogens with zero attached hydrogens (tertiary/aromatic N) is 2. The molecular weight excluding hydrogens is 396 g/mol. The molecule has 1 amide bonds. The molecule has 0 saturated carbocycles. The predicted molar refractivity (Wildman–Crippen MR) is 97.2 cm³/mol. The molecule has 0 spiro atoms. The van der Waals surface area contributed by atoms with Gasteiger partial charge in [0, 0.05) is 0 Å². The maximum atomic E-state index is 13.8. The number of rotatable bonds is 5. The number of amides is 1. The zero-order valence-corrected chi connectivity index (χ0v) is 15.2. The molecule has 0 saturated heterocycles. The zero-order chi connectivity index (χ0) is 20.3. The molecule has 5 nitrogen and oxygen atoms in total. The summed E-state index contributed by atoms with van der Waals surface area (Å²) >= 11 is 0.936. The van der Waals surface area contributed by atoms with E-state index in [1.54, 1.807) is 6.07 Å². The van der Waals surface area contributed by atoms with Crippen LogP contribution in [0.1, 0.15) is 12.5 Å². The Bertz CT molecular complexity index is 989. The van der Waals surface area contributed by atoms with Crippen molar-refractivity contribution < 1.29 is 22.4 Å². The quantitative estimate of drug-likeness (QED) is 0.471. The average molecular weight is 410 g/mol. The first-order valence-corrected chi connectivity index (χ1v) is 8.94. The highest BCUT2D eigenvalue weighted by Gasteiger charge is 2.34. The summed E-state index contributed by atoms with van der Waals surface area (Å²) in [6.07, 6.45) is -4.58. The topological polar surface area (TPSA) is 70.7 Å². The Morgan fingerprint density at radius 3 is 2.54 bits per heavy atom. The van der Waals surface area contributed by atoms with Gasteiger partial charge in [-0.3, -0.25) is 9.89 Å². The van der Waals surface area contributed by atoms with Crippen LogP contribution in [0.5, 0.6) is 0 Å². The number of para-hydroxylation sites is 1. The van der Waals surface area contributed by atoms with E-state index in [4.69, 9.17) is 0 Å². The van der Waals surface area contributed by atoms with Crippen LogP contribution in [0.3, 0.4) is 0 Å². The second-order valence-corrected chi connectivity index (χ2v) is 7.05. The highest BCUT2D eigenvalue weighted by atomic mass is 32.2. The Labute approximate surface area is 161 Å². The van der Waals surface area contributed by atoms with E-state index in [0.29, 0.717) is 0 Å². The fourth-order valence-corrected chi connectivity index (χ4v) is 3.08. The molecule has 0 aliphatic rings. The number of aromatic amines is 1. The Morgan fingerprint density at radius 2 is 1.82 bits per heavy atom. The molecule has 28 heavy (non-hydrogen) atoms. The van der Waals surface area contributed by atoms with Gasteiger partial charge in [-0.2, -0.15) is 13.2 Å². The standard InChI is InChI=1S/C18H14F4N4OS/c1-10(16(27)23-14-9-5-3-7-12(14)18(20,21)22)28-17-24-15(25-26-17)11-6-2-4-8-13(11)19/h2-10H,1H3,(H,23,27)(H,24,25,26). The van der Waals surface area contributed by atoms with Crippen molar-refractivity contribution in [1.82, 2.24) is 15.2 Å². The van der Waals surface area contributed by atoms with E-state index in [9.17, 15) is 22.4 Å². The minimum atomic E-state index is -4.58. The summed E-state index contributed by atoms with van der Waals surface area (Å²) in [6, 6.07) is 10.7. The first-order valence-electron chi connectivity index (χ1n) is 8.07. The van der Waals surface area contributed by atoms with Crippen LogP contribution in [0.15, 0.2) is 53.7 Å². The van der Waals surface area contributed by atoms with E-state index in [1.165, 1.54) is 43.3 Å². The van der Waals surface area contributed by atoms with Crippen LogP contribution in [-0.4, -0.2) is 26.3 Å². The van der Waals surface area contributed by atoms with Gasteiger partial charge in [0.15, 0.2) is 5.82 Å². The summed E-state index contributed by atoms with van der Waals surface area (Å²) in [5.74, 6) is -0.931.